The zero-order valence-corrected chi connectivity index (χ0v) is 17.2. The van der Waals surface area contributed by atoms with E-state index in [1.165, 1.54) is 23.1 Å². The van der Waals surface area contributed by atoms with Crippen LogP contribution < -0.4 is 10.9 Å². The normalized spacial score (nSPS) is 12.1. The maximum atomic E-state index is 12.6. The number of amides is 1. The van der Waals surface area contributed by atoms with Crippen LogP contribution in [0.4, 0.5) is 5.69 Å². The maximum Gasteiger partial charge on any atom is 0.263 e. The Hall–Kier alpha value is -1.90. The summed E-state index contributed by atoms with van der Waals surface area (Å²) in [5, 5.41) is 5.40. The summed E-state index contributed by atoms with van der Waals surface area (Å²) in [6, 6.07) is 9.17. The third-order valence-electron chi connectivity index (χ3n) is 3.60. The lowest BCUT2D eigenvalue weighted by Gasteiger charge is -2.15. The molecule has 0 saturated carbocycles. The molecule has 1 atom stereocenters. The van der Waals surface area contributed by atoms with Crippen molar-refractivity contribution in [1.82, 2.24) is 9.55 Å². The van der Waals surface area contributed by atoms with Crippen LogP contribution in [-0.2, 0) is 11.3 Å². The molecular weight excluding hydrogens is 434 g/mol. The minimum absolute atomic E-state index is 0.113. The highest BCUT2D eigenvalue weighted by molar-refractivity contribution is 9.10. The van der Waals surface area contributed by atoms with Crippen molar-refractivity contribution in [2.75, 3.05) is 5.32 Å². The van der Waals surface area contributed by atoms with Crippen LogP contribution >= 0.6 is 39.0 Å². The predicted octanol–water partition coefficient (Wildman–Crippen LogP) is 4.53. The van der Waals surface area contributed by atoms with Gasteiger partial charge in [-0.15, -0.1) is 17.9 Å². The molecule has 2 aromatic heterocycles. The van der Waals surface area contributed by atoms with Crippen LogP contribution in [-0.4, -0.2) is 20.7 Å². The molecular formula is C18H16BrN3O2S2. The lowest BCUT2D eigenvalue weighted by molar-refractivity contribution is -0.115. The first-order chi connectivity index (χ1) is 12.5. The molecule has 3 aromatic rings. The van der Waals surface area contributed by atoms with Gasteiger partial charge in [0.1, 0.15) is 4.83 Å². The molecule has 1 amide bonds. The van der Waals surface area contributed by atoms with Crippen LogP contribution in [0.25, 0.3) is 10.2 Å². The van der Waals surface area contributed by atoms with Crippen molar-refractivity contribution in [3.8, 4) is 0 Å². The summed E-state index contributed by atoms with van der Waals surface area (Å²) < 4.78 is 2.44. The summed E-state index contributed by atoms with van der Waals surface area (Å²) in [5.41, 5.74) is 0.597. The van der Waals surface area contributed by atoms with E-state index in [0.717, 1.165) is 4.47 Å². The van der Waals surface area contributed by atoms with Gasteiger partial charge >= 0.3 is 0 Å². The number of thiophene rings is 1. The molecule has 134 valence electrons. The Kier molecular flexibility index (Phi) is 5.95. The van der Waals surface area contributed by atoms with E-state index in [9.17, 15) is 9.59 Å². The number of thioether (sulfide) groups is 1. The molecule has 3 rings (SSSR count). The average Bonchev–Trinajstić information content (AvgIpc) is 3.07. The lowest BCUT2D eigenvalue weighted by atomic mass is 10.3. The molecule has 0 aliphatic carbocycles. The minimum Gasteiger partial charge on any atom is -0.325 e. The largest absolute Gasteiger partial charge is 0.325 e. The first kappa shape index (κ1) is 18.9. The number of rotatable bonds is 6. The van der Waals surface area contributed by atoms with Crippen LogP contribution in [0.2, 0.25) is 0 Å². The Morgan fingerprint density at radius 3 is 3.04 bits per heavy atom. The van der Waals surface area contributed by atoms with Crippen LogP contribution in [0.1, 0.15) is 6.92 Å². The van der Waals surface area contributed by atoms with Crippen molar-refractivity contribution in [1.29, 1.82) is 0 Å². The number of halogens is 1. The second-order valence-electron chi connectivity index (χ2n) is 5.50. The highest BCUT2D eigenvalue weighted by Gasteiger charge is 2.19. The molecule has 1 aromatic carbocycles. The monoisotopic (exact) mass is 449 g/mol. The van der Waals surface area contributed by atoms with Crippen LogP contribution in [0.5, 0.6) is 0 Å². The topological polar surface area (TPSA) is 64.0 Å². The molecule has 26 heavy (non-hydrogen) atoms. The van der Waals surface area contributed by atoms with Crippen molar-refractivity contribution in [2.45, 2.75) is 23.9 Å². The van der Waals surface area contributed by atoms with E-state index >= 15 is 0 Å². The van der Waals surface area contributed by atoms with Gasteiger partial charge in [-0.1, -0.05) is 39.8 Å². The second kappa shape index (κ2) is 8.20. The van der Waals surface area contributed by atoms with E-state index in [1.807, 2.05) is 29.6 Å². The molecule has 1 N–H and O–H groups in total. The van der Waals surface area contributed by atoms with E-state index in [0.29, 0.717) is 27.6 Å². The smallest absolute Gasteiger partial charge is 0.263 e. The van der Waals surface area contributed by atoms with Crippen molar-refractivity contribution in [3.63, 3.8) is 0 Å². The average molecular weight is 450 g/mol. The number of carbonyl (C=O) groups is 1. The van der Waals surface area contributed by atoms with Crippen molar-refractivity contribution >= 4 is 60.8 Å². The van der Waals surface area contributed by atoms with E-state index in [-0.39, 0.29) is 11.5 Å². The van der Waals surface area contributed by atoms with Gasteiger partial charge in [0.15, 0.2) is 5.16 Å². The molecule has 0 bridgehead atoms. The lowest BCUT2D eigenvalue weighted by Crippen LogP contribution is -2.26. The molecule has 0 saturated heterocycles. The number of nitrogens with zero attached hydrogens (tertiary/aromatic N) is 2. The van der Waals surface area contributed by atoms with Gasteiger partial charge in [-0.3, -0.25) is 14.2 Å². The molecule has 0 aliphatic rings. The Morgan fingerprint density at radius 2 is 2.31 bits per heavy atom. The SMILES string of the molecule is C=CCn1c(SC(C)C(=O)Nc2cccc(Br)c2)nc2sccc2c1=O. The fraction of sp³-hybridized carbons (Fsp3) is 0.167. The van der Waals surface area contributed by atoms with Gasteiger partial charge in [0.05, 0.1) is 10.6 Å². The number of allylic oxidation sites excluding steroid dienone is 1. The summed E-state index contributed by atoms with van der Waals surface area (Å²) in [6.07, 6.45) is 1.65. The number of hydrogen-bond donors (Lipinski definition) is 1. The molecule has 8 heteroatoms. The summed E-state index contributed by atoms with van der Waals surface area (Å²) in [5.74, 6) is -0.154. The number of hydrogen-bond acceptors (Lipinski definition) is 5. The van der Waals surface area contributed by atoms with E-state index in [4.69, 9.17) is 0 Å². The third kappa shape index (κ3) is 4.08. The highest BCUT2D eigenvalue weighted by Crippen LogP contribution is 2.25. The molecule has 2 heterocycles. The van der Waals surface area contributed by atoms with Gasteiger partial charge in [-0.25, -0.2) is 4.98 Å². The van der Waals surface area contributed by atoms with Crippen molar-refractivity contribution in [2.24, 2.45) is 0 Å². The van der Waals surface area contributed by atoms with Gasteiger partial charge in [0.2, 0.25) is 5.91 Å². The summed E-state index contributed by atoms with van der Waals surface area (Å²) in [6.45, 7) is 5.85. The number of aromatic nitrogens is 2. The van der Waals surface area contributed by atoms with E-state index < -0.39 is 5.25 Å². The molecule has 0 radical (unpaired) electrons. The molecule has 0 fully saturated rings. The fourth-order valence-corrected chi connectivity index (χ4v) is 4.45. The van der Waals surface area contributed by atoms with E-state index in [2.05, 4.69) is 32.8 Å². The van der Waals surface area contributed by atoms with Gasteiger partial charge < -0.3 is 5.32 Å². The van der Waals surface area contributed by atoms with Crippen LogP contribution in [0, 0.1) is 0 Å². The fourth-order valence-electron chi connectivity index (χ4n) is 2.33. The zero-order valence-electron chi connectivity index (χ0n) is 13.9. The summed E-state index contributed by atoms with van der Waals surface area (Å²) >= 11 is 6.06. The first-order valence-corrected chi connectivity index (χ1v) is 10.4. The first-order valence-electron chi connectivity index (χ1n) is 7.81. The summed E-state index contributed by atoms with van der Waals surface area (Å²) in [4.78, 5) is 30.4. The standard InChI is InChI=1S/C18H16BrN3O2S2/c1-3-8-22-17(24)14-7-9-25-16(14)21-18(22)26-11(2)15(23)20-13-6-4-5-12(19)10-13/h3-7,9-11H,1,8H2,2H3,(H,20,23). The van der Waals surface area contributed by atoms with Gasteiger partial charge in [-0.2, -0.15) is 0 Å². The zero-order chi connectivity index (χ0) is 18.7. The number of nitrogens with one attached hydrogen (secondary N) is 1. The molecule has 1 unspecified atom stereocenters. The van der Waals surface area contributed by atoms with Gasteiger partial charge in [-0.05, 0) is 36.6 Å². The van der Waals surface area contributed by atoms with Gasteiger partial charge in [0.25, 0.3) is 5.56 Å². The number of fused-ring (bicyclic) bond motifs is 1. The predicted molar refractivity (Wildman–Crippen MR) is 112 cm³/mol. The minimum atomic E-state index is -0.422. The quantitative estimate of drug-likeness (QED) is 0.341. The maximum absolute atomic E-state index is 12.6. The Bertz CT molecular complexity index is 1030. The van der Waals surface area contributed by atoms with E-state index in [1.54, 1.807) is 23.6 Å². The Balaban J connectivity index is 1.85. The number of carbonyl (C=O) groups excluding carboxylic acids is 1. The number of benzene rings is 1. The summed E-state index contributed by atoms with van der Waals surface area (Å²) in [7, 11) is 0. The highest BCUT2D eigenvalue weighted by atomic mass is 79.9. The van der Waals surface area contributed by atoms with Crippen molar-refractivity contribution in [3.05, 3.63) is 63.2 Å². The van der Waals surface area contributed by atoms with Crippen molar-refractivity contribution < 1.29 is 4.79 Å². The Labute approximate surface area is 167 Å². The number of anilines is 1. The third-order valence-corrected chi connectivity index (χ3v) is 5.99. The van der Waals surface area contributed by atoms with Crippen LogP contribution in [0.3, 0.4) is 0 Å². The second-order valence-corrected chi connectivity index (χ2v) is 8.62. The van der Waals surface area contributed by atoms with Crippen LogP contribution in [0.15, 0.2) is 62.8 Å². The molecule has 5 nitrogen and oxygen atoms in total. The Morgan fingerprint density at radius 1 is 1.50 bits per heavy atom. The molecule has 0 spiro atoms. The van der Waals surface area contributed by atoms with Gasteiger partial charge in [0, 0.05) is 16.7 Å². The molecule has 0 aliphatic heterocycles.